The van der Waals surface area contributed by atoms with Crippen LogP contribution in [0, 0.1) is 11.3 Å². The molecule has 1 atom stereocenters. The predicted octanol–water partition coefficient (Wildman–Crippen LogP) is 3.34. The highest BCUT2D eigenvalue weighted by Crippen LogP contribution is 2.32. The molecule has 0 saturated heterocycles. The average molecular weight is 295 g/mol. The fraction of sp³-hybridized carbons (Fsp3) is 0.294. The van der Waals surface area contributed by atoms with Gasteiger partial charge in [-0.1, -0.05) is 36.4 Å². The lowest BCUT2D eigenvalue weighted by atomic mass is 9.93. The van der Waals surface area contributed by atoms with Crippen molar-refractivity contribution < 1.29 is 0 Å². The maximum absolute atomic E-state index is 9.84. The van der Waals surface area contributed by atoms with Crippen LogP contribution in [0.5, 0.6) is 0 Å². The van der Waals surface area contributed by atoms with Gasteiger partial charge in [-0.15, -0.1) is 11.8 Å². The molecule has 1 aromatic heterocycles. The van der Waals surface area contributed by atoms with Gasteiger partial charge in [0.1, 0.15) is 5.54 Å². The molecule has 3 rings (SSSR count). The van der Waals surface area contributed by atoms with Gasteiger partial charge in [0, 0.05) is 18.0 Å². The minimum absolute atomic E-state index is 0.467. The SMILES string of the molecule is N#CC(CSc1ccccn1)(NC1CC1)c1ccccc1. The zero-order valence-electron chi connectivity index (χ0n) is 11.7. The van der Waals surface area contributed by atoms with Gasteiger partial charge in [0.05, 0.1) is 11.1 Å². The molecule has 1 unspecified atom stereocenters. The summed E-state index contributed by atoms with van der Waals surface area (Å²) in [5.41, 5.74) is 0.382. The van der Waals surface area contributed by atoms with E-state index in [1.807, 2.05) is 48.5 Å². The van der Waals surface area contributed by atoms with E-state index in [1.54, 1.807) is 18.0 Å². The maximum Gasteiger partial charge on any atom is 0.142 e. The van der Waals surface area contributed by atoms with E-state index >= 15 is 0 Å². The Kier molecular flexibility index (Phi) is 4.23. The molecule has 21 heavy (non-hydrogen) atoms. The largest absolute Gasteiger partial charge is 0.292 e. The molecular weight excluding hydrogens is 278 g/mol. The van der Waals surface area contributed by atoms with Crippen molar-refractivity contribution in [1.29, 1.82) is 5.26 Å². The van der Waals surface area contributed by atoms with E-state index in [4.69, 9.17) is 0 Å². The number of pyridine rings is 1. The predicted molar refractivity (Wildman–Crippen MR) is 84.9 cm³/mol. The highest BCUT2D eigenvalue weighted by Gasteiger charge is 2.38. The van der Waals surface area contributed by atoms with Crippen LogP contribution in [0.1, 0.15) is 18.4 Å². The van der Waals surface area contributed by atoms with Crippen LogP contribution >= 0.6 is 11.8 Å². The summed E-state index contributed by atoms with van der Waals surface area (Å²) in [6.07, 6.45) is 4.10. The lowest BCUT2D eigenvalue weighted by molar-refractivity contribution is 0.470. The second kappa shape index (κ2) is 6.30. The quantitative estimate of drug-likeness (QED) is 0.830. The van der Waals surface area contributed by atoms with Gasteiger partial charge in [-0.25, -0.2) is 4.98 Å². The normalized spacial score (nSPS) is 16.9. The Morgan fingerprint density at radius 2 is 1.95 bits per heavy atom. The average Bonchev–Trinajstić information content (AvgIpc) is 3.37. The van der Waals surface area contributed by atoms with Gasteiger partial charge < -0.3 is 0 Å². The number of thioether (sulfide) groups is 1. The highest BCUT2D eigenvalue weighted by atomic mass is 32.2. The fourth-order valence-corrected chi connectivity index (χ4v) is 3.24. The summed E-state index contributed by atoms with van der Waals surface area (Å²) < 4.78 is 0. The number of rotatable bonds is 6. The van der Waals surface area contributed by atoms with Gasteiger partial charge in [-0.2, -0.15) is 5.26 Å². The third-order valence-electron chi connectivity index (χ3n) is 3.56. The number of nitriles is 1. The molecule has 1 heterocycles. The van der Waals surface area contributed by atoms with Gasteiger partial charge in [0.15, 0.2) is 0 Å². The van der Waals surface area contributed by atoms with E-state index in [1.165, 1.54) is 0 Å². The molecule has 0 amide bonds. The summed E-state index contributed by atoms with van der Waals surface area (Å²) in [5, 5.41) is 14.3. The Hall–Kier alpha value is -1.83. The third kappa shape index (κ3) is 3.44. The van der Waals surface area contributed by atoms with Crippen LogP contribution in [0.15, 0.2) is 59.8 Å². The zero-order chi connectivity index (χ0) is 14.5. The Bertz CT molecular complexity index is 619. The molecule has 1 aliphatic carbocycles. The minimum atomic E-state index is -0.648. The van der Waals surface area contributed by atoms with Crippen molar-refractivity contribution in [1.82, 2.24) is 10.3 Å². The monoisotopic (exact) mass is 295 g/mol. The fourth-order valence-electron chi connectivity index (χ4n) is 2.25. The Morgan fingerprint density at radius 3 is 2.57 bits per heavy atom. The topological polar surface area (TPSA) is 48.7 Å². The first-order chi connectivity index (χ1) is 10.3. The summed E-state index contributed by atoms with van der Waals surface area (Å²) in [4.78, 5) is 4.33. The molecule has 4 heteroatoms. The van der Waals surface area contributed by atoms with Gasteiger partial charge in [0.25, 0.3) is 0 Å². The molecule has 0 spiro atoms. The molecule has 3 nitrogen and oxygen atoms in total. The summed E-state index contributed by atoms with van der Waals surface area (Å²) in [7, 11) is 0. The molecule has 0 radical (unpaired) electrons. The van der Waals surface area contributed by atoms with Crippen molar-refractivity contribution in [3.63, 3.8) is 0 Å². The van der Waals surface area contributed by atoms with Crippen LogP contribution < -0.4 is 5.32 Å². The molecule has 0 aliphatic heterocycles. The van der Waals surface area contributed by atoms with E-state index in [0.717, 1.165) is 23.4 Å². The van der Waals surface area contributed by atoms with E-state index < -0.39 is 5.54 Å². The summed E-state index contributed by atoms with van der Waals surface area (Å²) >= 11 is 1.62. The van der Waals surface area contributed by atoms with Crippen molar-refractivity contribution in [3.05, 3.63) is 60.3 Å². The van der Waals surface area contributed by atoms with E-state index in [9.17, 15) is 5.26 Å². The summed E-state index contributed by atoms with van der Waals surface area (Å²) in [6, 6.07) is 18.8. The van der Waals surface area contributed by atoms with Crippen molar-refractivity contribution in [2.45, 2.75) is 29.4 Å². The van der Waals surface area contributed by atoms with Gasteiger partial charge >= 0.3 is 0 Å². The van der Waals surface area contributed by atoms with Gasteiger partial charge in [-0.05, 0) is 30.5 Å². The lowest BCUT2D eigenvalue weighted by Gasteiger charge is -2.28. The van der Waals surface area contributed by atoms with Crippen molar-refractivity contribution in [2.24, 2.45) is 0 Å². The molecule has 1 saturated carbocycles. The summed E-state index contributed by atoms with van der Waals surface area (Å²) in [5.74, 6) is 0.654. The molecule has 1 aromatic carbocycles. The van der Waals surface area contributed by atoms with Crippen molar-refractivity contribution in [3.8, 4) is 6.07 Å². The first-order valence-corrected chi connectivity index (χ1v) is 8.09. The number of nitrogens with zero attached hydrogens (tertiary/aromatic N) is 2. The second-order valence-corrected chi connectivity index (χ2v) is 6.25. The molecule has 1 fully saturated rings. The number of aromatic nitrogens is 1. The second-order valence-electron chi connectivity index (χ2n) is 5.26. The number of hydrogen-bond donors (Lipinski definition) is 1. The smallest absolute Gasteiger partial charge is 0.142 e. The Balaban J connectivity index is 1.83. The standard InChI is InChI=1S/C17H17N3S/c18-12-17(20-15-9-10-15,14-6-2-1-3-7-14)13-21-16-8-4-5-11-19-16/h1-8,11,15,20H,9-10,13H2. The number of benzene rings is 1. The molecule has 106 valence electrons. The molecule has 1 aliphatic rings. The first kappa shape index (κ1) is 14.1. The minimum Gasteiger partial charge on any atom is -0.292 e. The Labute approximate surface area is 129 Å². The zero-order valence-corrected chi connectivity index (χ0v) is 12.5. The van der Waals surface area contributed by atoms with Crippen molar-refractivity contribution in [2.75, 3.05) is 5.75 Å². The van der Waals surface area contributed by atoms with Crippen LogP contribution in [-0.4, -0.2) is 16.8 Å². The molecule has 0 bridgehead atoms. The van der Waals surface area contributed by atoms with Crippen LogP contribution in [0.2, 0.25) is 0 Å². The number of nitrogens with one attached hydrogen (secondary N) is 1. The van der Waals surface area contributed by atoms with E-state index in [-0.39, 0.29) is 0 Å². The Morgan fingerprint density at radius 1 is 1.19 bits per heavy atom. The van der Waals surface area contributed by atoms with Crippen LogP contribution in [0.4, 0.5) is 0 Å². The van der Waals surface area contributed by atoms with E-state index in [0.29, 0.717) is 11.8 Å². The maximum atomic E-state index is 9.84. The first-order valence-electron chi connectivity index (χ1n) is 7.11. The van der Waals surface area contributed by atoms with Gasteiger partial charge in [0.2, 0.25) is 0 Å². The third-order valence-corrected chi connectivity index (χ3v) is 4.67. The van der Waals surface area contributed by atoms with Crippen LogP contribution in [0.25, 0.3) is 0 Å². The highest BCUT2D eigenvalue weighted by molar-refractivity contribution is 7.99. The van der Waals surface area contributed by atoms with Crippen LogP contribution in [0.3, 0.4) is 0 Å². The molecule has 1 N–H and O–H groups in total. The molecule has 2 aromatic rings. The van der Waals surface area contributed by atoms with Crippen molar-refractivity contribution >= 4 is 11.8 Å². The molecular formula is C17H17N3S. The number of hydrogen-bond acceptors (Lipinski definition) is 4. The summed E-state index contributed by atoms with van der Waals surface area (Å²) in [6.45, 7) is 0. The van der Waals surface area contributed by atoms with E-state index in [2.05, 4.69) is 16.4 Å². The lowest BCUT2D eigenvalue weighted by Crippen LogP contribution is -2.44. The van der Waals surface area contributed by atoms with Gasteiger partial charge in [-0.3, -0.25) is 5.32 Å². The van der Waals surface area contributed by atoms with Crippen LogP contribution in [-0.2, 0) is 5.54 Å².